The van der Waals surface area contributed by atoms with Gasteiger partial charge in [0.05, 0.1) is 12.6 Å². The van der Waals surface area contributed by atoms with Crippen molar-refractivity contribution in [1.29, 1.82) is 0 Å². The smallest absolute Gasteiger partial charge is 0.241 e. The van der Waals surface area contributed by atoms with Gasteiger partial charge in [-0.3, -0.25) is 4.79 Å². The molecule has 0 radical (unpaired) electrons. The largest absolute Gasteiger partial charge is 0.377 e. The number of fused-ring (bicyclic) bond motifs is 1. The van der Waals surface area contributed by atoms with Crippen molar-refractivity contribution < 1.29 is 9.53 Å². The van der Waals surface area contributed by atoms with Crippen molar-refractivity contribution in [2.45, 2.75) is 44.9 Å². The first-order valence-corrected chi connectivity index (χ1v) is 6.89. The van der Waals surface area contributed by atoms with Crippen molar-refractivity contribution in [3.05, 3.63) is 5.82 Å². The number of tetrazole rings is 1. The van der Waals surface area contributed by atoms with Gasteiger partial charge in [-0.25, -0.2) is 0 Å². The molecule has 1 saturated heterocycles. The second-order valence-corrected chi connectivity index (χ2v) is 6.14. The average molecular weight is 280 g/mol. The summed E-state index contributed by atoms with van der Waals surface area (Å²) < 4.78 is 5.79. The highest BCUT2D eigenvalue weighted by Gasteiger charge is 2.70. The number of aromatic amines is 1. The lowest BCUT2D eigenvalue weighted by molar-refractivity contribution is -0.225. The van der Waals surface area contributed by atoms with Gasteiger partial charge in [0.2, 0.25) is 5.91 Å². The van der Waals surface area contributed by atoms with Gasteiger partial charge in [-0.05, 0) is 12.8 Å². The zero-order valence-corrected chi connectivity index (χ0v) is 11.7. The number of ether oxygens (including phenoxy) is 1. The summed E-state index contributed by atoms with van der Waals surface area (Å²) in [6.07, 6.45) is 1.95. The van der Waals surface area contributed by atoms with E-state index >= 15 is 0 Å². The second kappa shape index (κ2) is 4.49. The van der Waals surface area contributed by atoms with E-state index in [1.807, 2.05) is 13.8 Å². The molecule has 8 heteroatoms. The van der Waals surface area contributed by atoms with E-state index in [9.17, 15) is 4.79 Å². The molecule has 2 fully saturated rings. The summed E-state index contributed by atoms with van der Waals surface area (Å²) in [5, 5.41) is 16.2. The molecule has 0 bridgehead atoms. The maximum absolute atomic E-state index is 12.5. The maximum Gasteiger partial charge on any atom is 0.241 e. The zero-order valence-electron chi connectivity index (χ0n) is 11.7. The Balaban J connectivity index is 1.72. The Morgan fingerprint density at radius 3 is 3.10 bits per heavy atom. The van der Waals surface area contributed by atoms with Crippen molar-refractivity contribution in [2.75, 3.05) is 6.61 Å². The number of aromatic nitrogens is 4. The molecule has 2 aliphatic rings. The van der Waals surface area contributed by atoms with E-state index in [4.69, 9.17) is 10.5 Å². The summed E-state index contributed by atoms with van der Waals surface area (Å²) in [6.45, 7) is 4.97. The predicted molar refractivity (Wildman–Crippen MR) is 69.2 cm³/mol. The van der Waals surface area contributed by atoms with E-state index in [-0.39, 0.29) is 29.9 Å². The molecule has 8 nitrogen and oxygen atoms in total. The standard InChI is InChI=1S/C12H20N6O2/c1-11(2)9-7(4-3-5-20-9)12(11,13)10(19)14-6-8-15-17-18-16-8/h7,9H,3-6,13H2,1-2H3,(H,14,19)(H,15,16,17,18). The number of carbonyl (C=O) groups excluding carboxylic acids is 1. The highest BCUT2D eigenvalue weighted by molar-refractivity contribution is 5.89. The van der Waals surface area contributed by atoms with Crippen LogP contribution in [0.5, 0.6) is 0 Å². The van der Waals surface area contributed by atoms with Gasteiger partial charge in [0.1, 0.15) is 5.54 Å². The summed E-state index contributed by atoms with van der Waals surface area (Å²) in [7, 11) is 0. The van der Waals surface area contributed by atoms with Gasteiger partial charge in [0.25, 0.3) is 0 Å². The Kier molecular flexibility index (Phi) is 3.02. The van der Waals surface area contributed by atoms with Crippen molar-refractivity contribution in [2.24, 2.45) is 17.1 Å². The van der Waals surface area contributed by atoms with Gasteiger partial charge < -0.3 is 15.8 Å². The van der Waals surface area contributed by atoms with Crippen LogP contribution in [0, 0.1) is 11.3 Å². The molecule has 1 aromatic rings. The van der Waals surface area contributed by atoms with Crippen molar-refractivity contribution in [3.63, 3.8) is 0 Å². The normalized spacial score (nSPS) is 35.0. The number of nitrogens with two attached hydrogens (primary N) is 1. The van der Waals surface area contributed by atoms with Crippen LogP contribution in [0.1, 0.15) is 32.5 Å². The minimum Gasteiger partial charge on any atom is -0.377 e. The quantitative estimate of drug-likeness (QED) is 0.677. The molecule has 20 heavy (non-hydrogen) atoms. The van der Waals surface area contributed by atoms with Gasteiger partial charge in [0.15, 0.2) is 5.82 Å². The van der Waals surface area contributed by atoms with Gasteiger partial charge in [-0.15, -0.1) is 10.2 Å². The van der Waals surface area contributed by atoms with Crippen LogP contribution in [0.4, 0.5) is 0 Å². The minimum absolute atomic E-state index is 0.0668. The van der Waals surface area contributed by atoms with Crippen LogP contribution in [0.25, 0.3) is 0 Å². The molecule has 110 valence electrons. The number of hydrogen-bond acceptors (Lipinski definition) is 6. The van der Waals surface area contributed by atoms with E-state index in [0.717, 1.165) is 19.4 Å². The van der Waals surface area contributed by atoms with E-state index in [1.54, 1.807) is 0 Å². The van der Waals surface area contributed by atoms with Crippen LogP contribution in [0.2, 0.25) is 0 Å². The van der Waals surface area contributed by atoms with Crippen LogP contribution >= 0.6 is 0 Å². The fourth-order valence-electron chi connectivity index (χ4n) is 3.60. The molecular weight excluding hydrogens is 260 g/mol. The number of carbonyl (C=O) groups is 1. The fourth-order valence-corrected chi connectivity index (χ4v) is 3.60. The molecule has 0 spiro atoms. The van der Waals surface area contributed by atoms with Gasteiger partial charge in [-0.2, -0.15) is 5.21 Å². The van der Waals surface area contributed by atoms with Crippen molar-refractivity contribution in [1.82, 2.24) is 25.9 Å². The Morgan fingerprint density at radius 1 is 1.60 bits per heavy atom. The van der Waals surface area contributed by atoms with E-state index in [2.05, 4.69) is 25.9 Å². The third-order valence-electron chi connectivity index (χ3n) is 4.86. The lowest BCUT2D eigenvalue weighted by atomic mass is 9.46. The van der Waals surface area contributed by atoms with E-state index < -0.39 is 5.54 Å². The first-order chi connectivity index (χ1) is 9.48. The summed E-state index contributed by atoms with van der Waals surface area (Å²) >= 11 is 0. The summed E-state index contributed by atoms with van der Waals surface area (Å²) in [5.41, 5.74) is 5.19. The molecule has 0 aromatic carbocycles. The van der Waals surface area contributed by atoms with Crippen LogP contribution in [0.15, 0.2) is 0 Å². The lowest BCUT2D eigenvalue weighted by Gasteiger charge is -2.65. The molecule has 1 amide bonds. The SMILES string of the molecule is CC1(C)C2OCCCC2C1(N)C(=O)NCc1nn[nH]n1. The zero-order chi connectivity index (χ0) is 14.4. The van der Waals surface area contributed by atoms with Crippen molar-refractivity contribution >= 4 is 5.91 Å². The Bertz CT molecular complexity index is 502. The second-order valence-electron chi connectivity index (χ2n) is 6.14. The number of nitrogens with one attached hydrogen (secondary N) is 2. The Hall–Kier alpha value is -1.54. The predicted octanol–water partition coefficient (Wildman–Crippen LogP) is -0.652. The summed E-state index contributed by atoms with van der Waals surface area (Å²) in [6, 6.07) is 0. The fraction of sp³-hybridized carbons (Fsp3) is 0.833. The monoisotopic (exact) mass is 280 g/mol. The number of nitrogens with zero attached hydrogens (tertiary/aromatic N) is 3. The van der Waals surface area contributed by atoms with Crippen LogP contribution in [-0.4, -0.2) is 44.8 Å². The third-order valence-corrected chi connectivity index (χ3v) is 4.86. The number of rotatable bonds is 3. The highest BCUT2D eigenvalue weighted by Crippen LogP contribution is 2.57. The van der Waals surface area contributed by atoms with Crippen molar-refractivity contribution in [3.8, 4) is 0 Å². The highest BCUT2D eigenvalue weighted by atomic mass is 16.5. The maximum atomic E-state index is 12.5. The molecule has 1 saturated carbocycles. The number of amides is 1. The molecule has 1 aliphatic carbocycles. The topological polar surface area (TPSA) is 119 Å². The molecule has 3 atom stereocenters. The lowest BCUT2D eigenvalue weighted by Crippen LogP contribution is -2.82. The van der Waals surface area contributed by atoms with Gasteiger partial charge >= 0.3 is 0 Å². The summed E-state index contributed by atoms with van der Waals surface area (Å²) in [4.78, 5) is 12.5. The number of H-pyrrole nitrogens is 1. The molecule has 1 aliphatic heterocycles. The Labute approximate surface area is 116 Å². The van der Waals surface area contributed by atoms with Gasteiger partial charge in [-0.1, -0.05) is 19.1 Å². The molecule has 3 unspecified atom stereocenters. The first kappa shape index (κ1) is 13.4. The molecule has 4 N–H and O–H groups in total. The van der Waals surface area contributed by atoms with Crippen LogP contribution in [-0.2, 0) is 16.1 Å². The van der Waals surface area contributed by atoms with E-state index in [0.29, 0.717) is 5.82 Å². The van der Waals surface area contributed by atoms with Crippen LogP contribution in [0.3, 0.4) is 0 Å². The molecule has 2 heterocycles. The first-order valence-electron chi connectivity index (χ1n) is 6.89. The van der Waals surface area contributed by atoms with E-state index in [1.165, 1.54) is 0 Å². The van der Waals surface area contributed by atoms with Crippen LogP contribution < -0.4 is 11.1 Å². The summed E-state index contributed by atoms with van der Waals surface area (Å²) in [5.74, 6) is 0.353. The number of hydrogen-bond donors (Lipinski definition) is 3. The molecule has 1 aromatic heterocycles. The minimum atomic E-state index is -0.901. The average Bonchev–Trinajstić information content (AvgIpc) is 2.97. The van der Waals surface area contributed by atoms with Gasteiger partial charge in [0, 0.05) is 17.9 Å². The molecule has 3 rings (SSSR count). The Morgan fingerprint density at radius 2 is 2.40 bits per heavy atom. The molecular formula is C12H20N6O2. The third kappa shape index (κ3) is 1.68.